The van der Waals surface area contributed by atoms with Crippen molar-refractivity contribution in [1.29, 1.82) is 5.26 Å². The molecule has 0 amide bonds. The van der Waals surface area contributed by atoms with Gasteiger partial charge in [0.25, 0.3) is 0 Å². The first kappa shape index (κ1) is 11.6. The molecule has 1 aromatic heterocycles. The van der Waals surface area contributed by atoms with Gasteiger partial charge in [-0.15, -0.1) is 0 Å². The van der Waals surface area contributed by atoms with Crippen molar-refractivity contribution in [2.24, 2.45) is 0 Å². The van der Waals surface area contributed by atoms with Crippen LogP contribution in [0.2, 0.25) is 5.15 Å². The molecule has 17 heavy (non-hydrogen) atoms. The zero-order chi connectivity index (χ0) is 12.4. The fourth-order valence-electron chi connectivity index (χ4n) is 1.58. The highest BCUT2D eigenvalue weighted by Gasteiger charge is 2.17. The normalized spacial score (nSPS) is 10.2. The summed E-state index contributed by atoms with van der Waals surface area (Å²) >= 11 is 6.03. The summed E-state index contributed by atoms with van der Waals surface area (Å²) in [6, 6.07) is 8.15. The molecular formula is C12H9ClFN3. The van der Waals surface area contributed by atoms with E-state index in [1.165, 1.54) is 10.7 Å². The van der Waals surface area contributed by atoms with Crippen LogP contribution in [0, 0.1) is 17.1 Å². The summed E-state index contributed by atoms with van der Waals surface area (Å²) in [5.74, 6) is -0.427. The van der Waals surface area contributed by atoms with Crippen LogP contribution in [0.4, 0.5) is 4.39 Å². The highest BCUT2D eigenvalue weighted by molar-refractivity contribution is 6.31. The molecule has 5 heteroatoms. The van der Waals surface area contributed by atoms with Gasteiger partial charge in [-0.05, 0) is 18.6 Å². The van der Waals surface area contributed by atoms with Gasteiger partial charge in [0, 0.05) is 0 Å². The van der Waals surface area contributed by atoms with Gasteiger partial charge in [0.15, 0.2) is 5.15 Å². The number of benzene rings is 1. The summed E-state index contributed by atoms with van der Waals surface area (Å²) in [5, 5.41) is 13.3. The van der Waals surface area contributed by atoms with Crippen LogP contribution >= 0.6 is 11.6 Å². The van der Waals surface area contributed by atoms with Crippen molar-refractivity contribution in [3.63, 3.8) is 0 Å². The van der Waals surface area contributed by atoms with Gasteiger partial charge in [-0.2, -0.15) is 10.4 Å². The molecule has 0 atom stereocenters. The number of rotatable bonds is 2. The Morgan fingerprint density at radius 2 is 2.18 bits per heavy atom. The lowest BCUT2D eigenvalue weighted by molar-refractivity contribution is 0.610. The second kappa shape index (κ2) is 4.56. The van der Waals surface area contributed by atoms with Gasteiger partial charge in [-0.1, -0.05) is 30.7 Å². The van der Waals surface area contributed by atoms with Gasteiger partial charge in [0.1, 0.15) is 23.1 Å². The molecule has 0 spiro atoms. The van der Waals surface area contributed by atoms with Gasteiger partial charge in [0.2, 0.25) is 0 Å². The molecule has 0 saturated carbocycles. The van der Waals surface area contributed by atoms with Crippen LogP contribution in [-0.2, 0) is 6.42 Å². The molecule has 2 aromatic rings. The average Bonchev–Trinajstić information content (AvgIpc) is 2.66. The van der Waals surface area contributed by atoms with E-state index in [1.54, 1.807) is 18.2 Å². The molecule has 0 N–H and O–H groups in total. The molecule has 0 saturated heterocycles. The Kier molecular flexibility index (Phi) is 3.12. The minimum atomic E-state index is -0.427. The number of hydrogen-bond acceptors (Lipinski definition) is 2. The number of halogens is 2. The van der Waals surface area contributed by atoms with Gasteiger partial charge in [0.05, 0.1) is 5.69 Å². The number of nitrogens with zero attached hydrogens (tertiary/aromatic N) is 3. The van der Waals surface area contributed by atoms with Crippen molar-refractivity contribution in [3.05, 3.63) is 46.5 Å². The van der Waals surface area contributed by atoms with Crippen LogP contribution in [0.25, 0.3) is 5.69 Å². The maximum Gasteiger partial charge on any atom is 0.151 e. The number of nitriles is 1. The third kappa shape index (κ3) is 1.90. The monoisotopic (exact) mass is 249 g/mol. The molecule has 86 valence electrons. The maximum absolute atomic E-state index is 13.6. The van der Waals surface area contributed by atoms with E-state index in [0.717, 1.165) is 0 Å². The van der Waals surface area contributed by atoms with Crippen molar-refractivity contribution < 1.29 is 4.39 Å². The summed E-state index contributed by atoms with van der Waals surface area (Å²) in [5.41, 5.74) is 1.12. The van der Waals surface area contributed by atoms with E-state index >= 15 is 0 Å². The second-order valence-electron chi connectivity index (χ2n) is 3.44. The zero-order valence-corrected chi connectivity index (χ0v) is 9.87. The molecule has 0 unspecified atom stereocenters. The molecule has 0 fully saturated rings. The van der Waals surface area contributed by atoms with E-state index in [9.17, 15) is 4.39 Å². The van der Waals surface area contributed by atoms with Crippen molar-refractivity contribution >= 4 is 11.6 Å². The molecule has 3 nitrogen and oxygen atoms in total. The number of aryl methyl sites for hydroxylation is 1. The topological polar surface area (TPSA) is 41.6 Å². The molecule has 1 aromatic carbocycles. The Bertz CT molecular complexity index is 598. The zero-order valence-electron chi connectivity index (χ0n) is 9.11. The first-order valence-corrected chi connectivity index (χ1v) is 5.49. The fraction of sp³-hybridized carbons (Fsp3) is 0.167. The number of hydrogen-bond donors (Lipinski definition) is 0. The van der Waals surface area contributed by atoms with E-state index in [1.807, 2.05) is 13.0 Å². The lowest BCUT2D eigenvalue weighted by Gasteiger charge is -2.03. The Morgan fingerprint density at radius 3 is 2.71 bits per heavy atom. The second-order valence-corrected chi connectivity index (χ2v) is 3.80. The van der Waals surface area contributed by atoms with Crippen LogP contribution in [0.15, 0.2) is 24.3 Å². The Balaban J connectivity index is 2.66. The van der Waals surface area contributed by atoms with E-state index < -0.39 is 5.82 Å². The smallest absolute Gasteiger partial charge is 0.151 e. The highest BCUT2D eigenvalue weighted by atomic mass is 35.5. The molecule has 0 radical (unpaired) electrons. The lowest BCUT2D eigenvalue weighted by atomic mass is 10.2. The predicted molar refractivity (Wildman–Crippen MR) is 62.6 cm³/mol. The molecule has 0 aliphatic carbocycles. The number of para-hydroxylation sites is 1. The van der Waals surface area contributed by atoms with E-state index in [4.69, 9.17) is 16.9 Å². The summed E-state index contributed by atoms with van der Waals surface area (Å²) in [7, 11) is 0. The summed E-state index contributed by atoms with van der Waals surface area (Å²) < 4.78 is 14.9. The van der Waals surface area contributed by atoms with Gasteiger partial charge in [-0.3, -0.25) is 0 Å². The van der Waals surface area contributed by atoms with Crippen LogP contribution in [0.5, 0.6) is 0 Å². The largest absolute Gasteiger partial charge is 0.218 e. The Labute approximate surface area is 103 Å². The molecular weight excluding hydrogens is 241 g/mol. The quantitative estimate of drug-likeness (QED) is 0.821. The minimum absolute atomic E-state index is 0.148. The Hall–Kier alpha value is -1.86. The van der Waals surface area contributed by atoms with Crippen LogP contribution in [-0.4, -0.2) is 9.78 Å². The van der Waals surface area contributed by atoms with E-state index in [-0.39, 0.29) is 10.8 Å². The molecule has 2 rings (SSSR count). The molecule has 0 aliphatic heterocycles. The summed E-state index contributed by atoms with van der Waals surface area (Å²) in [6.07, 6.45) is 0.573. The third-order valence-electron chi connectivity index (χ3n) is 2.43. The molecule has 1 heterocycles. The van der Waals surface area contributed by atoms with Gasteiger partial charge >= 0.3 is 0 Å². The third-order valence-corrected chi connectivity index (χ3v) is 2.78. The van der Waals surface area contributed by atoms with Crippen molar-refractivity contribution in [2.75, 3.05) is 0 Å². The Morgan fingerprint density at radius 1 is 1.47 bits per heavy atom. The van der Waals surface area contributed by atoms with Crippen molar-refractivity contribution in [1.82, 2.24) is 9.78 Å². The highest BCUT2D eigenvalue weighted by Crippen LogP contribution is 2.24. The van der Waals surface area contributed by atoms with E-state index in [0.29, 0.717) is 17.7 Å². The average molecular weight is 250 g/mol. The minimum Gasteiger partial charge on any atom is -0.218 e. The lowest BCUT2D eigenvalue weighted by Crippen LogP contribution is -2.00. The standard InChI is InChI=1S/C12H9ClFN3/c1-2-10-8(7-15)12(13)17(16-10)11-6-4-3-5-9(11)14/h3-6H,2H2,1H3. The maximum atomic E-state index is 13.6. The van der Waals surface area contributed by atoms with Crippen molar-refractivity contribution in [2.45, 2.75) is 13.3 Å². The van der Waals surface area contributed by atoms with Crippen LogP contribution in [0.1, 0.15) is 18.2 Å². The summed E-state index contributed by atoms with van der Waals surface area (Å²) in [4.78, 5) is 0. The van der Waals surface area contributed by atoms with Crippen molar-refractivity contribution in [3.8, 4) is 11.8 Å². The SMILES string of the molecule is CCc1nn(-c2ccccc2F)c(Cl)c1C#N. The van der Waals surface area contributed by atoms with Gasteiger partial charge in [-0.25, -0.2) is 9.07 Å². The van der Waals surface area contributed by atoms with E-state index in [2.05, 4.69) is 5.10 Å². The first-order valence-electron chi connectivity index (χ1n) is 5.11. The van der Waals surface area contributed by atoms with Gasteiger partial charge < -0.3 is 0 Å². The first-order chi connectivity index (χ1) is 8.19. The molecule has 0 aliphatic rings. The van der Waals surface area contributed by atoms with Crippen LogP contribution in [0.3, 0.4) is 0 Å². The number of aromatic nitrogens is 2. The molecule has 0 bridgehead atoms. The van der Waals surface area contributed by atoms with Crippen LogP contribution < -0.4 is 0 Å². The predicted octanol–water partition coefficient (Wildman–Crippen LogP) is 3.10. The fourth-order valence-corrected chi connectivity index (χ4v) is 1.86. The summed E-state index contributed by atoms with van der Waals surface area (Å²) in [6.45, 7) is 1.87.